The Balaban J connectivity index is 1.95. The summed E-state index contributed by atoms with van der Waals surface area (Å²) in [5, 5.41) is 2.45. The number of alkyl halides is 3. The highest BCUT2D eigenvalue weighted by Crippen LogP contribution is 2.35. The van der Waals surface area contributed by atoms with E-state index in [2.05, 4.69) is 10.3 Å². The first-order valence-electron chi connectivity index (χ1n) is 8.83. The molecule has 0 radical (unpaired) electrons. The Morgan fingerprint density at radius 1 is 0.966 bits per heavy atom. The van der Waals surface area contributed by atoms with Crippen LogP contribution in [0.2, 0.25) is 0 Å². The summed E-state index contributed by atoms with van der Waals surface area (Å²) >= 11 is 0. The predicted octanol–water partition coefficient (Wildman–Crippen LogP) is 5.70. The quantitative estimate of drug-likeness (QED) is 0.569. The van der Waals surface area contributed by atoms with Crippen LogP contribution in [0, 0.1) is 19.7 Å². The Labute approximate surface area is 165 Å². The number of nitrogens with zero attached hydrogens (tertiary/aromatic N) is 1. The SMILES string of the molecule is Cc1cc(-c2cc(NC(=O)Cc3ccccc3F)cc(C(F)(F)F)c2)cc(C)n1. The number of aryl methyl sites for hydroxylation is 2. The minimum absolute atomic E-state index is 0.0108. The fourth-order valence-electron chi connectivity index (χ4n) is 3.05. The van der Waals surface area contributed by atoms with Gasteiger partial charge in [-0.15, -0.1) is 0 Å². The first-order valence-corrected chi connectivity index (χ1v) is 8.83. The van der Waals surface area contributed by atoms with Crippen molar-refractivity contribution in [1.82, 2.24) is 4.98 Å². The van der Waals surface area contributed by atoms with Gasteiger partial charge in [-0.25, -0.2) is 4.39 Å². The third-order valence-electron chi connectivity index (χ3n) is 4.27. The van der Waals surface area contributed by atoms with Crippen molar-refractivity contribution in [2.45, 2.75) is 26.4 Å². The molecule has 3 nitrogen and oxygen atoms in total. The van der Waals surface area contributed by atoms with Crippen molar-refractivity contribution in [3.63, 3.8) is 0 Å². The van der Waals surface area contributed by atoms with E-state index in [9.17, 15) is 22.4 Å². The Kier molecular flexibility index (Phi) is 5.68. The summed E-state index contributed by atoms with van der Waals surface area (Å²) < 4.78 is 53.9. The van der Waals surface area contributed by atoms with Crippen molar-refractivity contribution < 1.29 is 22.4 Å². The Morgan fingerprint density at radius 3 is 2.21 bits per heavy atom. The maximum atomic E-state index is 13.7. The standard InChI is InChI=1S/C22H18F4N2O/c1-13-7-16(8-14(2)27-13)17-9-18(22(24,25)26)12-19(10-17)28-21(29)11-15-5-3-4-6-20(15)23/h3-10,12H,11H2,1-2H3,(H,28,29). The van der Waals surface area contributed by atoms with Crippen molar-refractivity contribution in [3.8, 4) is 11.1 Å². The van der Waals surface area contributed by atoms with Crippen LogP contribution in [-0.2, 0) is 17.4 Å². The van der Waals surface area contributed by atoms with Crippen LogP contribution in [-0.4, -0.2) is 10.9 Å². The molecule has 3 rings (SSSR count). The van der Waals surface area contributed by atoms with Gasteiger partial charge in [-0.3, -0.25) is 9.78 Å². The molecular formula is C22H18F4N2O. The van der Waals surface area contributed by atoms with Crippen molar-refractivity contribution in [2.75, 3.05) is 5.32 Å². The number of amides is 1. The summed E-state index contributed by atoms with van der Waals surface area (Å²) in [7, 11) is 0. The third kappa shape index (κ3) is 5.19. The van der Waals surface area contributed by atoms with Crippen LogP contribution >= 0.6 is 0 Å². The van der Waals surface area contributed by atoms with Crippen LogP contribution in [0.3, 0.4) is 0 Å². The van der Waals surface area contributed by atoms with Crippen LogP contribution in [0.1, 0.15) is 22.5 Å². The van der Waals surface area contributed by atoms with Gasteiger partial charge in [-0.1, -0.05) is 18.2 Å². The van der Waals surface area contributed by atoms with Crippen LogP contribution < -0.4 is 5.32 Å². The average molecular weight is 402 g/mol. The van der Waals surface area contributed by atoms with Gasteiger partial charge in [0.05, 0.1) is 12.0 Å². The lowest BCUT2D eigenvalue weighted by molar-refractivity contribution is -0.137. The number of benzene rings is 2. The van der Waals surface area contributed by atoms with Crippen molar-refractivity contribution in [3.05, 3.63) is 82.9 Å². The first kappa shape index (κ1) is 20.5. The van der Waals surface area contributed by atoms with E-state index in [1.807, 2.05) is 0 Å². The zero-order chi connectivity index (χ0) is 21.2. The molecule has 1 amide bonds. The van der Waals surface area contributed by atoms with Gasteiger partial charge in [0.2, 0.25) is 5.91 Å². The van der Waals surface area contributed by atoms with E-state index in [1.165, 1.54) is 24.3 Å². The molecule has 0 aliphatic rings. The van der Waals surface area contributed by atoms with Gasteiger partial charge in [0.1, 0.15) is 5.82 Å². The minimum Gasteiger partial charge on any atom is -0.326 e. The van der Waals surface area contributed by atoms with Gasteiger partial charge in [-0.2, -0.15) is 13.2 Å². The van der Waals surface area contributed by atoms with E-state index in [0.717, 1.165) is 12.1 Å². The van der Waals surface area contributed by atoms with Crippen molar-refractivity contribution in [1.29, 1.82) is 0 Å². The van der Waals surface area contributed by atoms with E-state index >= 15 is 0 Å². The van der Waals surface area contributed by atoms with Crippen LogP contribution in [0.25, 0.3) is 11.1 Å². The molecule has 0 aliphatic carbocycles. The highest BCUT2D eigenvalue weighted by molar-refractivity contribution is 5.93. The average Bonchev–Trinajstić information content (AvgIpc) is 2.62. The first-order chi connectivity index (χ1) is 13.6. The van der Waals surface area contributed by atoms with E-state index in [4.69, 9.17) is 0 Å². The lowest BCUT2D eigenvalue weighted by Gasteiger charge is -2.14. The normalized spacial score (nSPS) is 11.4. The molecule has 3 aromatic rings. The molecule has 0 spiro atoms. The minimum atomic E-state index is -4.59. The van der Waals surface area contributed by atoms with Crippen LogP contribution in [0.4, 0.5) is 23.2 Å². The molecule has 0 aliphatic heterocycles. The molecule has 2 aromatic carbocycles. The molecule has 0 fully saturated rings. The molecule has 0 saturated carbocycles. The van der Waals surface area contributed by atoms with Gasteiger partial charge in [-0.05, 0) is 66.9 Å². The molecule has 1 heterocycles. The highest BCUT2D eigenvalue weighted by Gasteiger charge is 2.31. The zero-order valence-electron chi connectivity index (χ0n) is 15.8. The summed E-state index contributed by atoms with van der Waals surface area (Å²) in [6, 6.07) is 12.5. The zero-order valence-corrected chi connectivity index (χ0v) is 15.8. The monoisotopic (exact) mass is 402 g/mol. The molecule has 7 heteroatoms. The summed E-state index contributed by atoms with van der Waals surface area (Å²) in [5.74, 6) is -1.16. The number of carbonyl (C=O) groups excluding carboxylic acids is 1. The summed E-state index contributed by atoms with van der Waals surface area (Å²) in [6.07, 6.45) is -4.87. The highest BCUT2D eigenvalue weighted by atomic mass is 19.4. The number of rotatable bonds is 4. The third-order valence-corrected chi connectivity index (χ3v) is 4.27. The second-order valence-corrected chi connectivity index (χ2v) is 6.75. The maximum Gasteiger partial charge on any atom is 0.416 e. The fraction of sp³-hybridized carbons (Fsp3) is 0.182. The van der Waals surface area contributed by atoms with E-state index in [-0.39, 0.29) is 17.7 Å². The molecule has 150 valence electrons. The van der Waals surface area contributed by atoms with Gasteiger partial charge < -0.3 is 5.32 Å². The Hall–Kier alpha value is -3.22. The number of anilines is 1. The lowest BCUT2D eigenvalue weighted by Crippen LogP contribution is -2.16. The molecule has 0 atom stereocenters. The van der Waals surface area contributed by atoms with Crippen LogP contribution in [0.15, 0.2) is 54.6 Å². The van der Waals surface area contributed by atoms with Crippen molar-refractivity contribution in [2.24, 2.45) is 0 Å². The molecule has 0 saturated heterocycles. The van der Waals surface area contributed by atoms with Crippen LogP contribution in [0.5, 0.6) is 0 Å². The van der Waals surface area contributed by atoms with Gasteiger partial charge in [0.25, 0.3) is 0 Å². The summed E-state index contributed by atoms with van der Waals surface area (Å²) in [6.45, 7) is 3.50. The number of nitrogens with one attached hydrogen (secondary N) is 1. The van der Waals surface area contributed by atoms with Gasteiger partial charge in [0.15, 0.2) is 0 Å². The maximum absolute atomic E-state index is 13.7. The second kappa shape index (κ2) is 8.03. The van der Waals surface area contributed by atoms with E-state index < -0.39 is 23.5 Å². The molecule has 29 heavy (non-hydrogen) atoms. The Bertz CT molecular complexity index is 1040. The molecule has 1 aromatic heterocycles. The molecule has 0 unspecified atom stereocenters. The fourth-order valence-corrected chi connectivity index (χ4v) is 3.05. The number of hydrogen-bond donors (Lipinski definition) is 1. The van der Waals surface area contributed by atoms with E-state index in [0.29, 0.717) is 22.5 Å². The number of halogens is 4. The van der Waals surface area contributed by atoms with Crippen molar-refractivity contribution >= 4 is 11.6 Å². The Morgan fingerprint density at radius 2 is 1.59 bits per heavy atom. The number of carbonyl (C=O) groups is 1. The topological polar surface area (TPSA) is 42.0 Å². The largest absolute Gasteiger partial charge is 0.416 e. The summed E-state index contributed by atoms with van der Waals surface area (Å²) in [4.78, 5) is 16.5. The number of aromatic nitrogens is 1. The molecule has 0 bridgehead atoms. The molecular weight excluding hydrogens is 384 g/mol. The predicted molar refractivity (Wildman–Crippen MR) is 103 cm³/mol. The second-order valence-electron chi connectivity index (χ2n) is 6.75. The van der Waals surface area contributed by atoms with E-state index in [1.54, 1.807) is 32.0 Å². The number of hydrogen-bond acceptors (Lipinski definition) is 2. The number of pyridine rings is 1. The van der Waals surface area contributed by atoms with Gasteiger partial charge >= 0.3 is 6.18 Å². The smallest absolute Gasteiger partial charge is 0.326 e. The summed E-state index contributed by atoms with van der Waals surface area (Å²) in [5.41, 5.74) is 1.47. The lowest BCUT2D eigenvalue weighted by atomic mass is 10.0. The van der Waals surface area contributed by atoms with Gasteiger partial charge in [0, 0.05) is 17.1 Å². The molecule has 1 N–H and O–H groups in total.